The maximum absolute atomic E-state index is 12.0. The summed E-state index contributed by atoms with van der Waals surface area (Å²) in [5, 5.41) is 23.7. The molecule has 0 unspecified atom stereocenters. The summed E-state index contributed by atoms with van der Waals surface area (Å²) < 4.78 is 3.53. The molecular weight excluding hydrogens is 296 g/mol. The fourth-order valence-electron chi connectivity index (χ4n) is 1.59. The van der Waals surface area contributed by atoms with Gasteiger partial charge in [0.25, 0.3) is 11.6 Å². The Bertz CT molecular complexity index is 645. The van der Waals surface area contributed by atoms with Crippen molar-refractivity contribution in [1.82, 2.24) is 14.8 Å². The van der Waals surface area contributed by atoms with Crippen LogP contribution >= 0.6 is 11.5 Å². The van der Waals surface area contributed by atoms with E-state index in [-0.39, 0.29) is 16.4 Å². The average Bonchev–Trinajstić information content (AvgIpc) is 2.97. The molecule has 21 heavy (non-hydrogen) atoms. The van der Waals surface area contributed by atoms with Crippen molar-refractivity contribution in [3.8, 4) is 0 Å². The molecule has 1 heterocycles. The first-order valence-electron chi connectivity index (χ1n) is 6.10. The molecule has 2 rings (SSSR count). The van der Waals surface area contributed by atoms with E-state index >= 15 is 0 Å². The fourth-order valence-corrected chi connectivity index (χ4v) is 1.95. The molecule has 1 amide bonds. The largest absolute Gasteiger partial charge is 0.379 e. The van der Waals surface area contributed by atoms with Gasteiger partial charge in [-0.15, -0.1) is 0 Å². The van der Waals surface area contributed by atoms with Crippen LogP contribution in [-0.4, -0.2) is 32.2 Å². The number of nitro benzene ring substituents is 1. The van der Waals surface area contributed by atoms with Gasteiger partial charge >= 0.3 is 0 Å². The highest BCUT2D eigenvalue weighted by molar-refractivity contribution is 7.09. The smallest absolute Gasteiger partial charge is 0.292 e. The number of nitrogens with one attached hydrogen (secondary N) is 2. The Balaban J connectivity index is 2.23. The first-order valence-corrected chi connectivity index (χ1v) is 6.88. The average molecular weight is 308 g/mol. The molecule has 0 saturated carbocycles. The Morgan fingerprint density at radius 3 is 2.90 bits per heavy atom. The Hall–Kier alpha value is -2.62. The van der Waals surface area contributed by atoms with Gasteiger partial charge in [-0.2, -0.15) is 0 Å². The first-order chi connectivity index (χ1) is 10.1. The highest BCUT2D eigenvalue weighted by Crippen LogP contribution is 2.26. The molecule has 2 aromatic rings. The van der Waals surface area contributed by atoms with Gasteiger partial charge in [0, 0.05) is 29.7 Å². The summed E-state index contributed by atoms with van der Waals surface area (Å²) in [5.41, 5.74) is 0.525. The number of nitro groups is 1. The van der Waals surface area contributed by atoms with Crippen LogP contribution in [0.2, 0.25) is 0 Å². The summed E-state index contributed by atoms with van der Waals surface area (Å²) in [6, 6.07) is 4.13. The third-order valence-corrected chi connectivity index (χ3v) is 3.05. The summed E-state index contributed by atoms with van der Waals surface area (Å²) in [6.07, 6.45) is 0.810. The third kappa shape index (κ3) is 3.69. The van der Waals surface area contributed by atoms with Crippen molar-refractivity contribution in [3.63, 3.8) is 0 Å². The lowest BCUT2D eigenvalue weighted by molar-refractivity contribution is -0.384. The van der Waals surface area contributed by atoms with Crippen molar-refractivity contribution in [2.75, 3.05) is 17.2 Å². The zero-order chi connectivity index (χ0) is 15.2. The van der Waals surface area contributed by atoms with Gasteiger partial charge in [-0.1, -0.05) is 16.5 Å². The summed E-state index contributed by atoms with van der Waals surface area (Å²) in [7, 11) is 0. The van der Waals surface area contributed by atoms with Gasteiger partial charge in [-0.25, -0.2) is 0 Å². The topological polar surface area (TPSA) is 123 Å². The number of hydrogen-bond donors (Lipinski definition) is 2. The van der Waals surface area contributed by atoms with E-state index in [9.17, 15) is 14.9 Å². The Labute approximate surface area is 123 Å². The number of benzene rings is 1. The van der Waals surface area contributed by atoms with Crippen molar-refractivity contribution in [2.45, 2.75) is 13.3 Å². The lowest BCUT2D eigenvalue weighted by Gasteiger charge is -2.08. The van der Waals surface area contributed by atoms with Gasteiger partial charge in [0.1, 0.15) is 5.69 Å². The third-order valence-electron chi connectivity index (χ3n) is 2.54. The van der Waals surface area contributed by atoms with E-state index in [1.54, 1.807) is 0 Å². The number of carbonyl (C=O) groups is 1. The van der Waals surface area contributed by atoms with Crippen LogP contribution in [0.3, 0.4) is 0 Å². The highest BCUT2D eigenvalue weighted by atomic mass is 32.1. The number of rotatable bonds is 6. The van der Waals surface area contributed by atoms with Crippen molar-refractivity contribution >= 4 is 33.9 Å². The molecule has 2 N–H and O–H groups in total. The van der Waals surface area contributed by atoms with E-state index in [1.165, 1.54) is 18.2 Å². The van der Waals surface area contributed by atoms with Crippen molar-refractivity contribution < 1.29 is 9.72 Å². The maximum atomic E-state index is 12.0. The van der Waals surface area contributed by atoms with Gasteiger partial charge in [0.05, 0.1) is 4.92 Å². The first kappa shape index (κ1) is 14.8. The second-order valence-electron chi connectivity index (χ2n) is 4.04. The Morgan fingerprint density at radius 1 is 1.48 bits per heavy atom. The minimum absolute atomic E-state index is 0.0717. The molecule has 0 aliphatic rings. The number of anilines is 2. The monoisotopic (exact) mass is 308 g/mol. The minimum atomic E-state index is -0.492. The van der Waals surface area contributed by atoms with Crippen LogP contribution < -0.4 is 10.6 Å². The van der Waals surface area contributed by atoms with Crippen LogP contribution in [0.25, 0.3) is 0 Å². The van der Waals surface area contributed by atoms with E-state index in [0.717, 1.165) is 18.0 Å². The standard InChI is InChI=1S/C11H12N6O3S/c1-2-5-12-8-6-7(3-4-9(8)17(19)20)10(18)13-11-14-15-16-21-11/h3-4,6,12H,2,5H2,1H3,(H,13,14,16,18). The van der Waals surface area contributed by atoms with Crippen molar-refractivity contribution in [1.29, 1.82) is 0 Å². The molecule has 0 aliphatic carbocycles. The normalized spacial score (nSPS) is 10.1. The molecule has 110 valence electrons. The van der Waals surface area contributed by atoms with Crippen LogP contribution in [0.15, 0.2) is 18.2 Å². The lowest BCUT2D eigenvalue weighted by Crippen LogP contribution is -2.13. The summed E-state index contributed by atoms with van der Waals surface area (Å²) in [6.45, 7) is 2.52. The zero-order valence-electron chi connectivity index (χ0n) is 11.1. The maximum Gasteiger partial charge on any atom is 0.292 e. The molecule has 0 bridgehead atoms. The lowest BCUT2D eigenvalue weighted by atomic mass is 10.1. The number of aromatic nitrogens is 3. The number of carbonyl (C=O) groups excluding carboxylic acids is 1. The van der Waals surface area contributed by atoms with Crippen LogP contribution in [0.5, 0.6) is 0 Å². The predicted molar refractivity (Wildman–Crippen MR) is 77.5 cm³/mol. The zero-order valence-corrected chi connectivity index (χ0v) is 11.9. The van der Waals surface area contributed by atoms with Crippen LogP contribution in [0, 0.1) is 10.1 Å². The summed E-state index contributed by atoms with van der Waals surface area (Å²) in [5.74, 6) is -0.428. The molecule has 0 atom stereocenters. The van der Waals surface area contributed by atoms with E-state index in [4.69, 9.17) is 0 Å². The van der Waals surface area contributed by atoms with Gasteiger partial charge < -0.3 is 5.32 Å². The van der Waals surface area contributed by atoms with Gasteiger partial charge in [0.15, 0.2) is 0 Å². The van der Waals surface area contributed by atoms with E-state index < -0.39 is 10.8 Å². The van der Waals surface area contributed by atoms with Crippen LogP contribution in [0.4, 0.5) is 16.5 Å². The van der Waals surface area contributed by atoms with Crippen LogP contribution in [0.1, 0.15) is 23.7 Å². The van der Waals surface area contributed by atoms with E-state index in [0.29, 0.717) is 12.2 Å². The molecular formula is C11H12N6O3S. The molecule has 9 nitrogen and oxygen atoms in total. The number of nitrogens with zero attached hydrogens (tertiary/aromatic N) is 4. The van der Waals surface area contributed by atoms with Crippen LogP contribution in [-0.2, 0) is 0 Å². The van der Waals surface area contributed by atoms with Gasteiger partial charge in [-0.05, 0) is 23.8 Å². The molecule has 0 fully saturated rings. The number of amides is 1. The number of hydrogen-bond acceptors (Lipinski definition) is 8. The van der Waals surface area contributed by atoms with E-state index in [1.807, 2.05) is 6.92 Å². The second kappa shape index (κ2) is 6.70. The Morgan fingerprint density at radius 2 is 2.29 bits per heavy atom. The van der Waals surface area contributed by atoms with Gasteiger partial charge in [-0.3, -0.25) is 20.2 Å². The van der Waals surface area contributed by atoms with Gasteiger partial charge in [0.2, 0.25) is 5.13 Å². The second-order valence-corrected chi connectivity index (χ2v) is 4.77. The van der Waals surface area contributed by atoms with Crippen molar-refractivity contribution in [2.24, 2.45) is 0 Å². The Kier molecular flexibility index (Phi) is 4.72. The highest BCUT2D eigenvalue weighted by Gasteiger charge is 2.17. The van der Waals surface area contributed by atoms with E-state index in [2.05, 4.69) is 25.4 Å². The molecule has 0 saturated heterocycles. The SMILES string of the molecule is CCCNc1cc(C(=O)Nc2nnns2)ccc1[N+](=O)[O-]. The minimum Gasteiger partial charge on any atom is -0.379 e. The fraction of sp³-hybridized carbons (Fsp3) is 0.273. The summed E-state index contributed by atoms with van der Waals surface area (Å²) in [4.78, 5) is 22.5. The quantitative estimate of drug-likeness (QED) is 0.617. The predicted octanol–water partition coefficient (Wildman–Crippen LogP) is 1.92. The van der Waals surface area contributed by atoms with Crippen molar-refractivity contribution in [3.05, 3.63) is 33.9 Å². The molecule has 0 radical (unpaired) electrons. The summed E-state index contributed by atoms with van der Waals surface area (Å²) >= 11 is 0.944. The molecule has 0 aliphatic heterocycles. The molecule has 1 aromatic heterocycles. The molecule has 10 heteroatoms. The molecule has 1 aromatic carbocycles. The molecule has 0 spiro atoms.